The Kier molecular flexibility index (Phi) is 5.81. The van der Waals surface area contributed by atoms with Gasteiger partial charge < -0.3 is 10.1 Å². The van der Waals surface area contributed by atoms with Crippen molar-refractivity contribution >= 4 is 0 Å². The van der Waals surface area contributed by atoms with E-state index in [1.807, 2.05) is 13.8 Å². The van der Waals surface area contributed by atoms with E-state index < -0.39 is 6.61 Å². The number of hydrogen-bond acceptors (Lipinski definition) is 3. The van der Waals surface area contributed by atoms with E-state index in [0.29, 0.717) is 12.2 Å². The molecular weight excluding hydrogens is 355 g/mol. The van der Waals surface area contributed by atoms with Gasteiger partial charge in [-0.15, -0.1) is 0 Å². The number of rotatable bonds is 7. The zero-order valence-corrected chi connectivity index (χ0v) is 15.0. The van der Waals surface area contributed by atoms with Crippen molar-refractivity contribution in [2.45, 2.75) is 33.0 Å². The van der Waals surface area contributed by atoms with Gasteiger partial charge in [-0.2, -0.15) is 13.9 Å². The minimum Gasteiger partial charge on any atom is -0.435 e. The summed E-state index contributed by atoms with van der Waals surface area (Å²) in [6.07, 6.45) is 1.76. The van der Waals surface area contributed by atoms with Crippen LogP contribution in [0, 0.1) is 12.7 Å². The highest BCUT2D eigenvalue weighted by atomic mass is 19.3. The molecule has 3 rings (SSSR count). The van der Waals surface area contributed by atoms with Gasteiger partial charge in [-0.05, 0) is 49.7 Å². The van der Waals surface area contributed by atoms with Gasteiger partial charge in [0.25, 0.3) is 0 Å². The minimum atomic E-state index is -2.83. The molecule has 0 aliphatic heterocycles. The number of halogens is 3. The van der Waals surface area contributed by atoms with Gasteiger partial charge in [-0.1, -0.05) is 18.2 Å². The van der Waals surface area contributed by atoms with Crippen LogP contribution < -0.4 is 10.1 Å². The first-order valence-electron chi connectivity index (χ1n) is 8.51. The number of nitrogens with zero attached hydrogens (tertiary/aromatic N) is 2. The third-order valence-electron chi connectivity index (χ3n) is 4.33. The lowest BCUT2D eigenvalue weighted by Crippen LogP contribution is -2.18. The lowest BCUT2D eigenvalue weighted by molar-refractivity contribution is -0.0498. The maximum Gasteiger partial charge on any atom is 0.387 e. The van der Waals surface area contributed by atoms with Gasteiger partial charge in [-0.25, -0.2) is 9.07 Å². The lowest BCUT2D eigenvalue weighted by atomic mass is 10.1. The summed E-state index contributed by atoms with van der Waals surface area (Å²) in [7, 11) is 0. The summed E-state index contributed by atoms with van der Waals surface area (Å²) in [5.41, 5.74) is 3.53. The number of aromatic nitrogens is 2. The predicted molar refractivity (Wildman–Crippen MR) is 96.6 cm³/mol. The Bertz CT molecular complexity index is 894. The first-order chi connectivity index (χ1) is 12.9. The maximum absolute atomic E-state index is 13.5. The van der Waals surface area contributed by atoms with Crippen molar-refractivity contribution in [2.24, 2.45) is 0 Å². The number of nitrogens with one attached hydrogen (secondary N) is 1. The molecule has 1 atom stereocenters. The Labute approximate surface area is 155 Å². The molecule has 0 aliphatic carbocycles. The van der Waals surface area contributed by atoms with Gasteiger partial charge in [0.2, 0.25) is 0 Å². The molecule has 3 aromatic rings. The summed E-state index contributed by atoms with van der Waals surface area (Å²) >= 11 is 0. The molecule has 4 nitrogen and oxygen atoms in total. The topological polar surface area (TPSA) is 39.1 Å². The summed E-state index contributed by atoms with van der Waals surface area (Å²) in [5, 5.41) is 7.74. The van der Waals surface area contributed by atoms with Gasteiger partial charge >= 0.3 is 6.61 Å². The van der Waals surface area contributed by atoms with Crippen molar-refractivity contribution in [1.82, 2.24) is 15.1 Å². The standard InChI is InChI=1S/C20H20F3N3O/c1-13(24-11-15-6-8-18(9-7-15)27-20(22)23)19-12-25-26(14(19)2)17-5-3-4-16(21)10-17/h3-10,12-13,20,24H,11H2,1-2H3/t13-/m0/s1. The molecule has 0 fully saturated rings. The molecule has 1 aromatic heterocycles. The Morgan fingerprint density at radius 2 is 1.89 bits per heavy atom. The summed E-state index contributed by atoms with van der Waals surface area (Å²) in [6.45, 7) is 1.67. The second kappa shape index (κ2) is 8.26. The first kappa shape index (κ1) is 19.0. The van der Waals surface area contributed by atoms with E-state index in [0.717, 1.165) is 16.8 Å². The van der Waals surface area contributed by atoms with E-state index in [2.05, 4.69) is 15.2 Å². The van der Waals surface area contributed by atoms with Gasteiger partial charge in [0.05, 0.1) is 11.9 Å². The van der Waals surface area contributed by atoms with Gasteiger partial charge in [0, 0.05) is 23.8 Å². The molecule has 142 valence electrons. The Morgan fingerprint density at radius 1 is 1.15 bits per heavy atom. The van der Waals surface area contributed by atoms with Crippen LogP contribution in [0.1, 0.15) is 29.8 Å². The van der Waals surface area contributed by atoms with Crippen LogP contribution in [0.5, 0.6) is 5.75 Å². The molecule has 0 amide bonds. The van der Waals surface area contributed by atoms with Gasteiger partial charge in [0.15, 0.2) is 0 Å². The SMILES string of the molecule is Cc1c([C@H](C)NCc2ccc(OC(F)F)cc2)cnn1-c1cccc(F)c1. The highest BCUT2D eigenvalue weighted by Crippen LogP contribution is 2.21. The largest absolute Gasteiger partial charge is 0.435 e. The van der Waals surface area contributed by atoms with E-state index in [1.165, 1.54) is 24.3 Å². The number of ether oxygens (including phenoxy) is 1. The molecule has 1 N–H and O–H groups in total. The number of hydrogen-bond donors (Lipinski definition) is 1. The van der Waals surface area contributed by atoms with Crippen LogP contribution in [0.3, 0.4) is 0 Å². The molecule has 0 saturated carbocycles. The molecule has 2 aromatic carbocycles. The molecule has 0 aliphatic rings. The molecule has 7 heteroatoms. The van der Waals surface area contributed by atoms with Crippen molar-refractivity contribution in [3.8, 4) is 11.4 Å². The van der Waals surface area contributed by atoms with Crippen LogP contribution in [-0.4, -0.2) is 16.4 Å². The van der Waals surface area contributed by atoms with E-state index in [4.69, 9.17) is 0 Å². The second-order valence-electron chi connectivity index (χ2n) is 6.20. The number of benzene rings is 2. The summed E-state index contributed by atoms with van der Waals surface area (Å²) in [6, 6.07) is 12.8. The van der Waals surface area contributed by atoms with Crippen molar-refractivity contribution in [2.75, 3.05) is 0 Å². The molecule has 27 heavy (non-hydrogen) atoms. The smallest absolute Gasteiger partial charge is 0.387 e. The molecule has 0 bridgehead atoms. The third kappa shape index (κ3) is 4.68. The first-order valence-corrected chi connectivity index (χ1v) is 8.51. The molecule has 0 radical (unpaired) electrons. The number of alkyl halides is 2. The normalized spacial score (nSPS) is 12.4. The van der Waals surface area contributed by atoms with Gasteiger partial charge in [0.1, 0.15) is 11.6 Å². The average molecular weight is 375 g/mol. The van der Waals surface area contributed by atoms with E-state index in [-0.39, 0.29) is 17.6 Å². The molecule has 0 unspecified atom stereocenters. The Morgan fingerprint density at radius 3 is 2.56 bits per heavy atom. The van der Waals surface area contributed by atoms with Crippen LogP contribution in [-0.2, 0) is 6.54 Å². The zero-order valence-electron chi connectivity index (χ0n) is 15.0. The van der Waals surface area contributed by atoms with Crippen molar-refractivity contribution < 1.29 is 17.9 Å². The monoisotopic (exact) mass is 375 g/mol. The highest BCUT2D eigenvalue weighted by Gasteiger charge is 2.14. The van der Waals surface area contributed by atoms with Crippen molar-refractivity contribution in [1.29, 1.82) is 0 Å². The lowest BCUT2D eigenvalue weighted by Gasteiger charge is -2.14. The summed E-state index contributed by atoms with van der Waals surface area (Å²) in [5.74, 6) is -0.177. The van der Waals surface area contributed by atoms with Crippen molar-refractivity contribution in [3.63, 3.8) is 0 Å². The van der Waals surface area contributed by atoms with Crippen LogP contribution in [0.4, 0.5) is 13.2 Å². The summed E-state index contributed by atoms with van der Waals surface area (Å²) < 4.78 is 43.9. The fourth-order valence-electron chi connectivity index (χ4n) is 2.89. The van der Waals surface area contributed by atoms with Crippen LogP contribution in [0.2, 0.25) is 0 Å². The van der Waals surface area contributed by atoms with E-state index in [1.54, 1.807) is 35.1 Å². The zero-order chi connectivity index (χ0) is 19.4. The Balaban J connectivity index is 1.65. The average Bonchev–Trinajstić information content (AvgIpc) is 3.02. The molecule has 1 heterocycles. The second-order valence-corrected chi connectivity index (χ2v) is 6.20. The summed E-state index contributed by atoms with van der Waals surface area (Å²) in [4.78, 5) is 0. The minimum absolute atomic E-state index is 0.00398. The van der Waals surface area contributed by atoms with Crippen LogP contribution >= 0.6 is 0 Å². The van der Waals surface area contributed by atoms with E-state index in [9.17, 15) is 13.2 Å². The van der Waals surface area contributed by atoms with E-state index >= 15 is 0 Å². The van der Waals surface area contributed by atoms with Gasteiger partial charge in [-0.3, -0.25) is 0 Å². The van der Waals surface area contributed by atoms with Crippen LogP contribution in [0.15, 0.2) is 54.7 Å². The quantitative estimate of drug-likeness (QED) is 0.646. The maximum atomic E-state index is 13.5. The molecule has 0 spiro atoms. The predicted octanol–water partition coefficient (Wildman–Crippen LogP) is 4.77. The van der Waals surface area contributed by atoms with Crippen molar-refractivity contribution in [3.05, 3.63) is 77.4 Å². The fourth-order valence-corrected chi connectivity index (χ4v) is 2.89. The van der Waals surface area contributed by atoms with Crippen LogP contribution in [0.25, 0.3) is 5.69 Å². The molecular formula is C20H20F3N3O. The highest BCUT2D eigenvalue weighted by molar-refractivity contribution is 5.36. The Hall–Kier alpha value is -2.80. The molecule has 0 saturated heterocycles. The fraction of sp³-hybridized carbons (Fsp3) is 0.250. The third-order valence-corrected chi connectivity index (χ3v) is 4.33.